The van der Waals surface area contributed by atoms with Crippen molar-refractivity contribution in [3.8, 4) is 5.69 Å². The Balaban J connectivity index is 1.51. The second-order valence-corrected chi connectivity index (χ2v) is 8.21. The van der Waals surface area contributed by atoms with Crippen molar-refractivity contribution in [2.75, 3.05) is 17.6 Å². The van der Waals surface area contributed by atoms with Crippen LogP contribution >= 0.6 is 39.3 Å². The monoisotopic (exact) mass is 493 g/mol. The van der Waals surface area contributed by atoms with E-state index >= 15 is 0 Å². The normalized spacial score (nSPS) is 10.6. The average molecular weight is 495 g/mol. The molecule has 0 aliphatic rings. The Morgan fingerprint density at radius 3 is 2.76 bits per heavy atom. The molecule has 0 aliphatic carbocycles. The predicted molar refractivity (Wildman–Crippen MR) is 118 cm³/mol. The highest BCUT2D eigenvalue weighted by atomic mass is 79.9. The van der Waals surface area contributed by atoms with Gasteiger partial charge in [0.15, 0.2) is 5.16 Å². The number of aromatic nitrogens is 3. The molecule has 3 rings (SSSR count). The number of aryl methyl sites for hydroxylation is 1. The summed E-state index contributed by atoms with van der Waals surface area (Å²) in [5.74, 6) is -0.498. The van der Waals surface area contributed by atoms with Crippen molar-refractivity contribution >= 4 is 56.8 Å². The highest BCUT2D eigenvalue weighted by molar-refractivity contribution is 9.10. The Morgan fingerprint density at radius 2 is 2.00 bits per heavy atom. The number of halogens is 2. The molecule has 0 unspecified atom stereocenters. The molecule has 1 aromatic heterocycles. The second-order valence-electron chi connectivity index (χ2n) is 6.01. The Labute approximate surface area is 185 Å². The molecule has 0 aliphatic heterocycles. The number of nitrogens with one attached hydrogen (secondary N) is 2. The zero-order valence-corrected chi connectivity index (χ0v) is 18.5. The number of hydrogen-bond donors (Lipinski definition) is 2. The highest BCUT2D eigenvalue weighted by Crippen LogP contribution is 2.24. The first-order valence-electron chi connectivity index (χ1n) is 8.54. The number of nitrogens with zero attached hydrogens (tertiary/aromatic N) is 3. The van der Waals surface area contributed by atoms with Crippen molar-refractivity contribution in [3.05, 3.63) is 63.9 Å². The molecule has 29 heavy (non-hydrogen) atoms. The van der Waals surface area contributed by atoms with Crippen LogP contribution in [0.25, 0.3) is 5.69 Å². The average Bonchev–Trinajstić information content (AvgIpc) is 3.17. The van der Waals surface area contributed by atoms with Crippen molar-refractivity contribution in [1.82, 2.24) is 20.1 Å². The van der Waals surface area contributed by atoms with E-state index in [1.165, 1.54) is 11.8 Å². The van der Waals surface area contributed by atoms with Crippen molar-refractivity contribution in [3.63, 3.8) is 0 Å². The van der Waals surface area contributed by atoms with Crippen LogP contribution in [0.4, 0.5) is 5.69 Å². The summed E-state index contributed by atoms with van der Waals surface area (Å²) < 4.78 is 2.52. The first-order chi connectivity index (χ1) is 13.9. The molecule has 2 N–H and O–H groups in total. The number of para-hydroxylation sites is 1. The summed E-state index contributed by atoms with van der Waals surface area (Å²) in [6, 6.07) is 12.9. The van der Waals surface area contributed by atoms with E-state index in [4.69, 9.17) is 11.6 Å². The van der Waals surface area contributed by atoms with Crippen LogP contribution in [0.15, 0.2) is 58.4 Å². The van der Waals surface area contributed by atoms with Gasteiger partial charge in [0.25, 0.3) is 0 Å². The molecule has 3 aromatic rings. The van der Waals surface area contributed by atoms with E-state index in [9.17, 15) is 9.59 Å². The Morgan fingerprint density at radius 1 is 1.21 bits per heavy atom. The van der Waals surface area contributed by atoms with Gasteiger partial charge in [0.05, 0.1) is 23.7 Å². The first-order valence-corrected chi connectivity index (χ1v) is 10.7. The van der Waals surface area contributed by atoms with E-state index in [1.807, 2.05) is 43.3 Å². The second kappa shape index (κ2) is 9.91. The summed E-state index contributed by atoms with van der Waals surface area (Å²) in [5, 5.41) is 14.5. The van der Waals surface area contributed by atoms with Crippen LogP contribution in [-0.4, -0.2) is 38.9 Å². The molecule has 0 atom stereocenters. The van der Waals surface area contributed by atoms with Gasteiger partial charge in [-0.3, -0.25) is 14.2 Å². The summed E-state index contributed by atoms with van der Waals surface area (Å²) in [7, 11) is 0. The number of thioether (sulfide) groups is 1. The molecule has 0 radical (unpaired) electrons. The summed E-state index contributed by atoms with van der Waals surface area (Å²) in [6.45, 7) is 1.80. The summed E-state index contributed by atoms with van der Waals surface area (Å²) in [4.78, 5) is 24.1. The smallest absolute Gasteiger partial charge is 0.243 e. The Kier molecular flexibility index (Phi) is 7.29. The quantitative estimate of drug-likeness (QED) is 0.487. The van der Waals surface area contributed by atoms with E-state index < -0.39 is 0 Å². The fourth-order valence-electron chi connectivity index (χ4n) is 2.35. The Hall–Kier alpha value is -2.36. The van der Waals surface area contributed by atoms with Crippen molar-refractivity contribution < 1.29 is 9.59 Å². The molecule has 0 saturated heterocycles. The summed E-state index contributed by atoms with van der Waals surface area (Å²) in [6.07, 6.45) is 1.56. The van der Waals surface area contributed by atoms with Crippen molar-refractivity contribution in [2.45, 2.75) is 12.1 Å². The van der Waals surface area contributed by atoms with Gasteiger partial charge in [-0.2, -0.15) is 0 Å². The lowest BCUT2D eigenvalue weighted by molar-refractivity contribution is -0.122. The third-order valence-corrected chi connectivity index (χ3v) is 5.92. The maximum absolute atomic E-state index is 12.1. The van der Waals surface area contributed by atoms with Crippen LogP contribution in [0.5, 0.6) is 0 Å². The van der Waals surface area contributed by atoms with Crippen LogP contribution in [-0.2, 0) is 9.59 Å². The maximum Gasteiger partial charge on any atom is 0.243 e. The number of rotatable bonds is 7. The molecule has 0 saturated carbocycles. The van der Waals surface area contributed by atoms with Gasteiger partial charge < -0.3 is 10.6 Å². The van der Waals surface area contributed by atoms with Gasteiger partial charge in [0.1, 0.15) is 6.33 Å². The number of carbonyl (C=O) groups is 2. The zero-order valence-electron chi connectivity index (χ0n) is 15.4. The molecule has 2 aromatic carbocycles. The number of hydrogen-bond acceptors (Lipinski definition) is 5. The van der Waals surface area contributed by atoms with E-state index in [0.29, 0.717) is 15.9 Å². The number of amides is 2. The van der Waals surface area contributed by atoms with E-state index in [2.05, 4.69) is 36.8 Å². The minimum absolute atomic E-state index is 0.0978. The highest BCUT2D eigenvalue weighted by Gasteiger charge is 2.12. The fourth-order valence-corrected chi connectivity index (χ4v) is 3.67. The fraction of sp³-hybridized carbons (Fsp3) is 0.158. The van der Waals surface area contributed by atoms with E-state index in [-0.39, 0.29) is 24.1 Å². The summed E-state index contributed by atoms with van der Waals surface area (Å²) >= 11 is 10.8. The molecule has 7 nitrogen and oxygen atoms in total. The molecule has 150 valence electrons. The maximum atomic E-state index is 12.1. The van der Waals surface area contributed by atoms with E-state index in [0.717, 1.165) is 15.7 Å². The zero-order chi connectivity index (χ0) is 20.8. The lowest BCUT2D eigenvalue weighted by Crippen LogP contribution is -2.34. The molecule has 1 heterocycles. The number of anilines is 1. The van der Waals surface area contributed by atoms with Gasteiger partial charge in [-0.15, -0.1) is 10.2 Å². The third-order valence-electron chi connectivity index (χ3n) is 3.88. The largest absolute Gasteiger partial charge is 0.346 e. The molecule has 0 bridgehead atoms. The van der Waals surface area contributed by atoms with Gasteiger partial charge in [-0.25, -0.2) is 0 Å². The summed E-state index contributed by atoms with van der Waals surface area (Å²) in [5.41, 5.74) is 2.42. The van der Waals surface area contributed by atoms with Crippen molar-refractivity contribution in [2.24, 2.45) is 0 Å². The van der Waals surface area contributed by atoms with Gasteiger partial charge in [0, 0.05) is 9.50 Å². The van der Waals surface area contributed by atoms with Gasteiger partial charge in [0.2, 0.25) is 11.8 Å². The molecule has 0 spiro atoms. The lowest BCUT2D eigenvalue weighted by atomic mass is 10.2. The van der Waals surface area contributed by atoms with Crippen molar-refractivity contribution in [1.29, 1.82) is 0 Å². The van der Waals surface area contributed by atoms with Crippen LogP contribution in [0.3, 0.4) is 0 Å². The standard InChI is InChI=1S/C19H17BrClN5O2S/c1-12-6-7-13(8-15(12)21)26-11-23-25-19(26)29-10-18(28)22-9-17(27)24-16-5-3-2-4-14(16)20/h2-8,11H,9-10H2,1H3,(H,22,28)(H,24,27). The van der Waals surface area contributed by atoms with Crippen LogP contribution in [0.1, 0.15) is 5.56 Å². The van der Waals surface area contributed by atoms with Gasteiger partial charge in [-0.1, -0.05) is 41.6 Å². The van der Waals surface area contributed by atoms with Crippen LogP contribution in [0, 0.1) is 6.92 Å². The van der Waals surface area contributed by atoms with Gasteiger partial charge in [-0.05, 0) is 52.7 Å². The first kappa shape index (κ1) is 21.4. The minimum Gasteiger partial charge on any atom is -0.346 e. The van der Waals surface area contributed by atoms with Crippen LogP contribution in [0.2, 0.25) is 5.02 Å². The molecular formula is C19H17BrClN5O2S. The molecule has 0 fully saturated rings. The molecular weight excluding hydrogens is 478 g/mol. The van der Waals surface area contributed by atoms with E-state index in [1.54, 1.807) is 17.0 Å². The molecule has 2 amide bonds. The molecule has 10 heteroatoms. The SMILES string of the molecule is Cc1ccc(-n2cnnc2SCC(=O)NCC(=O)Nc2ccccc2Br)cc1Cl. The number of carbonyl (C=O) groups excluding carboxylic acids is 2. The number of benzene rings is 2. The topological polar surface area (TPSA) is 88.9 Å². The Bertz CT molecular complexity index is 1040. The van der Waals surface area contributed by atoms with Gasteiger partial charge >= 0.3 is 0 Å². The van der Waals surface area contributed by atoms with Crippen LogP contribution < -0.4 is 10.6 Å². The minimum atomic E-state index is -0.312. The third kappa shape index (κ3) is 5.81. The predicted octanol–water partition coefficient (Wildman–Crippen LogP) is 3.84. The lowest BCUT2D eigenvalue weighted by Gasteiger charge is -2.09.